The van der Waals surface area contributed by atoms with E-state index in [0.717, 1.165) is 18.9 Å². The molecule has 2 atom stereocenters. The Morgan fingerprint density at radius 1 is 1.32 bits per heavy atom. The maximum atomic E-state index is 14.2. The molecule has 1 aliphatic heterocycles. The van der Waals surface area contributed by atoms with Crippen molar-refractivity contribution in [3.05, 3.63) is 35.4 Å². The molecule has 8 heteroatoms. The number of ether oxygens (including phenoxy) is 1. The molecule has 0 aliphatic carbocycles. The number of nitrogens with zero attached hydrogens (tertiary/aromatic N) is 4. The Kier molecular flexibility index (Phi) is 8.31. The van der Waals surface area contributed by atoms with Crippen LogP contribution in [-0.4, -0.2) is 84.5 Å². The minimum absolute atomic E-state index is 0. The standard InChI is InChI=1S/C23H39FN6O.H2/c1-9-23(30-12-16(4)28(7)17(5)13-30)29(8)27(6)14-21(26)18-10-22(31-15(2)3)19(24)11-20(18)25;/h9-11,15-17,26H,12-14,25H2,1-8H3;1H/b23-9+,26-21?;/t16-,17?;/m0./s1. The topological polar surface area (TPSA) is 72.1 Å². The molecule has 0 bridgehead atoms. The van der Waals surface area contributed by atoms with E-state index < -0.39 is 5.82 Å². The molecule has 0 saturated carbocycles. The lowest BCUT2D eigenvalue weighted by Gasteiger charge is -2.47. The largest absolute Gasteiger partial charge is 0.488 e. The van der Waals surface area contributed by atoms with Gasteiger partial charge in [0.15, 0.2) is 11.6 Å². The number of hydrogen-bond donors (Lipinski definition) is 2. The number of likely N-dealkylation sites (N-methyl/N-ethyl adjacent to an activating group) is 2. The van der Waals surface area contributed by atoms with Crippen molar-refractivity contribution in [1.29, 1.82) is 5.41 Å². The first-order valence-electron chi connectivity index (χ1n) is 10.9. The van der Waals surface area contributed by atoms with Gasteiger partial charge in [-0.2, -0.15) is 0 Å². The smallest absolute Gasteiger partial charge is 0.167 e. The first-order valence-corrected chi connectivity index (χ1v) is 10.9. The van der Waals surface area contributed by atoms with Gasteiger partial charge < -0.3 is 20.8 Å². The van der Waals surface area contributed by atoms with E-state index in [1.54, 1.807) is 0 Å². The number of benzene rings is 1. The Morgan fingerprint density at radius 2 is 1.90 bits per heavy atom. The van der Waals surface area contributed by atoms with Crippen molar-refractivity contribution in [2.75, 3.05) is 46.5 Å². The van der Waals surface area contributed by atoms with Crippen molar-refractivity contribution in [1.82, 2.24) is 19.8 Å². The van der Waals surface area contributed by atoms with Gasteiger partial charge >= 0.3 is 0 Å². The number of nitrogens with two attached hydrogens (primary N) is 1. The van der Waals surface area contributed by atoms with Crippen molar-refractivity contribution < 1.29 is 10.6 Å². The van der Waals surface area contributed by atoms with Crippen molar-refractivity contribution in [2.45, 2.75) is 52.8 Å². The summed E-state index contributed by atoms with van der Waals surface area (Å²) in [6.07, 6.45) is 1.94. The van der Waals surface area contributed by atoms with Gasteiger partial charge in [-0.1, -0.05) is 0 Å². The molecule has 0 spiro atoms. The predicted octanol–water partition coefficient (Wildman–Crippen LogP) is 3.47. The Hall–Kier alpha value is -2.32. The van der Waals surface area contributed by atoms with E-state index in [4.69, 9.17) is 15.9 Å². The fourth-order valence-electron chi connectivity index (χ4n) is 3.93. The second kappa shape index (κ2) is 10.3. The summed E-state index contributed by atoms with van der Waals surface area (Å²) in [6, 6.07) is 3.67. The number of piperazine rings is 1. The molecule has 0 aromatic heterocycles. The summed E-state index contributed by atoms with van der Waals surface area (Å²) in [5, 5.41) is 12.6. The zero-order chi connectivity index (χ0) is 23.5. The van der Waals surface area contributed by atoms with Crippen LogP contribution in [0.4, 0.5) is 10.1 Å². The van der Waals surface area contributed by atoms with Gasteiger partial charge in [0.25, 0.3) is 0 Å². The summed E-state index contributed by atoms with van der Waals surface area (Å²) < 4.78 is 19.7. The summed E-state index contributed by atoms with van der Waals surface area (Å²) in [6.45, 7) is 12.4. The minimum Gasteiger partial charge on any atom is -0.488 e. The Labute approximate surface area is 188 Å². The summed E-state index contributed by atoms with van der Waals surface area (Å²) in [5.41, 5.74) is 7.06. The molecule has 31 heavy (non-hydrogen) atoms. The lowest BCUT2D eigenvalue weighted by molar-refractivity contribution is 0.00548. The second-order valence-electron chi connectivity index (χ2n) is 8.77. The molecule has 0 amide bonds. The number of halogens is 1. The Morgan fingerprint density at radius 3 is 2.42 bits per heavy atom. The summed E-state index contributed by atoms with van der Waals surface area (Å²) >= 11 is 0. The van der Waals surface area contributed by atoms with Crippen LogP contribution in [0.1, 0.15) is 41.6 Å². The zero-order valence-corrected chi connectivity index (χ0v) is 20.2. The van der Waals surface area contributed by atoms with Crippen LogP contribution in [0.15, 0.2) is 24.0 Å². The van der Waals surface area contributed by atoms with E-state index in [2.05, 4.69) is 41.8 Å². The van der Waals surface area contributed by atoms with Gasteiger partial charge in [0, 0.05) is 58.0 Å². The zero-order valence-electron chi connectivity index (χ0n) is 20.2. The molecule has 3 N–H and O–H groups in total. The number of rotatable bonds is 8. The van der Waals surface area contributed by atoms with Gasteiger partial charge in [-0.05, 0) is 53.8 Å². The van der Waals surface area contributed by atoms with Crippen LogP contribution in [0.5, 0.6) is 5.75 Å². The SMILES string of the molecule is C/C=C(/N1CC(C)N(C)[C@@H](C)C1)N(C)N(C)CC(=N)c1cc(OC(C)C)c(F)cc1N.[HH]. The fraction of sp³-hybridized carbons (Fsp3) is 0.609. The van der Waals surface area contributed by atoms with Gasteiger partial charge in [0.1, 0.15) is 5.82 Å². The molecule has 1 saturated heterocycles. The lowest BCUT2D eigenvalue weighted by atomic mass is 10.1. The van der Waals surface area contributed by atoms with Crippen LogP contribution < -0.4 is 10.5 Å². The number of nitrogen functional groups attached to an aromatic ring is 1. The third-order valence-corrected chi connectivity index (χ3v) is 5.96. The maximum Gasteiger partial charge on any atom is 0.167 e. The van der Waals surface area contributed by atoms with Gasteiger partial charge in [-0.25, -0.2) is 9.40 Å². The van der Waals surface area contributed by atoms with E-state index in [0.29, 0.717) is 29.9 Å². The van der Waals surface area contributed by atoms with Crippen molar-refractivity contribution >= 4 is 11.4 Å². The number of hydrazine groups is 1. The Bertz CT molecular complexity index is 806. The molecule has 1 aromatic carbocycles. The number of nitrogens with one attached hydrogen (secondary N) is 1. The van der Waals surface area contributed by atoms with Gasteiger partial charge in [-0.3, -0.25) is 9.91 Å². The number of anilines is 1. The number of allylic oxidation sites excluding steroid dienone is 1. The van der Waals surface area contributed by atoms with E-state index in [1.165, 1.54) is 12.1 Å². The number of hydrogen-bond acceptors (Lipinski definition) is 7. The monoisotopic (exact) mass is 436 g/mol. The first-order chi connectivity index (χ1) is 14.5. The molecular weight excluding hydrogens is 395 g/mol. The quantitative estimate of drug-likeness (QED) is 0.369. The summed E-state index contributed by atoms with van der Waals surface area (Å²) in [5.74, 6) is 0.704. The highest BCUT2D eigenvalue weighted by atomic mass is 19.1. The normalized spacial score (nSPS) is 20.5. The third-order valence-electron chi connectivity index (χ3n) is 5.96. The van der Waals surface area contributed by atoms with E-state index in [1.807, 2.05) is 39.9 Å². The molecule has 1 heterocycles. The third kappa shape index (κ3) is 5.89. The first kappa shape index (κ1) is 24.9. The van der Waals surface area contributed by atoms with Crippen molar-refractivity contribution in [2.24, 2.45) is 0 Å². The average Bonchev–Trinajstić information content (AvgIpc) is 2.68. The van der Waals surface area contributed by atoms with Crippen molar-refractivity contribution in [3.63, 3.8) is 0 Å². The predicted molar refractivity (Wildman–Crippen MR) is 128 cm³/mol. The van der Waals surface area contributed by atoms with Crippen LogP contribution in [-0.2, 0) is 0 Å². The van der Waals surface area contributed by atoms with Gasteiger partial charge in [0.2, 0.25) is 0 Å². The maximum absolute atomic E-state index is 14.2. The van der Waals surface area contributed by atoms with E-state index in [9.17, 15) is 4.39 Å². The molecule has 7 nitrogen and oxygen atoms in total. The molecule has 1 fully saturated rings. The highest BCUT2D eigenvalue weighted by Crippen LogP contribution is 2.26. The van der Waals surface area contributed by atoms with Crippen LogP contribution in [0.3, 0.4) is 0 Å². The molecule has 1 aromatic rings. The second-order valence-corrected chi connectivity index (χ2v) is 8.77. The highest BCUT2D eigenvalue weighted by molar-refractivity contribution is 6.04. The van der Waals surface area contributed by atoms with Crippen LogP contribution in [0.2, 0.25) is 0 Å². The molecule has 2 rings (SSSR count). The minimum atomic E-state index is -0.511. The van der Waals surface area contributed by atoms with Crippen LogP contribution >= 0.6 is 0 Å². The molecule has 176 valence electrons. The lowest BCUT2D eigenvalue weighted by Crippen LogP contribution is -2.57. The van der Waals surface area contributed by atoms with E-state index in [-0.39, 0.29) is 19.0 Å². The van der Waals surface area contributed by atoms with Gasteiger partial charge in [-0.15, -0.1) is 0 Å². The van der Waals surface area contributed by atoms with Crippen molar-refractivity contribution in [3.8, 4) is 5.75 Å². The Balaban J connectivity index is 0.00000512. The van der Waals surface area contributed by atoms with Crippen LogP contribution in [0, 0.1) is 11.2 Å². The molecule has 1 unspecified atom stereocenters. The van der Waals surface area contributed by atoms with Gasteiger partial charge in [0.05, 0.1) is 18.4 Å². The average molecular weight is 437 g/mol. The van der Waals surface area contributed by atoms with Crippen LogP contribution in [0.25, 0.3) is 0 Å². The molecular formula is C23H41FN6O. The summed E-state index contributed by atoms with van der Waals surface area (Å²) in [4.78, 5) is 4.79. The highest BCUT2D eigenvalue weighted by Gasteiger charge is 2.29. The molecule has 0 radical (unpaired) electrons. The molecule has 1 aliphatic rings. The van der Waals surface area contributed by atoms with E-state index >= 15 is 0 Å². The fourth-order valence-corrected chi connectivity index (χ4v) is 3.93. The summed E-state index contributed by atoms with van der Waals surface area (Å²) in [7, 11) is 6.10.